The molecule has 0 spiro atoms. The molecule has 1 aliphatic carbocycles. The summed E-state index contributed by atoms with van der Waals surface area (Å²) in [6, 6.07) is 3.10. The van der Waals surface area contributed by atoms with E-state index in [9.17, 15) is 14.4 Å². The number of halogens is 2. The van der Waals surface area contributed by atoms with Crippen molar-refractivity contribution in [2.45, 2.75) is 50.2 Å². The number of hydrogen-bond acceptors (Lipinski definition) is 4. The summed E-state index contributed by atoms with van der Waals surface area (Å²) in [5, 5.41) is 6.41. The lowest BCUT2D eigenvalue weighted by Gasteiger charge is -2.47. The van der Waals surface area contributed by atoms with Crippen molar-refractivity contribution >= 4 is 46.8 Å². The molecule has 0 bridgehead atoms. The van der Waals surface area contributed by atoms with E-state index in [2.05, 4.69) is 10.6 Å². The predicted octanol–water partition coefficient (Wildman–Crippen LogP) is 3.20. The fourth-order valence-corrected chi connectivity index (χ4v) is 4.03. The number of ether oxygens (including phenoxy) is 1. The summed E-state index contributed by atoms with van der Waals surface area (Å²) in [6.07, 6.45) is 3.32. The van der Waals surface area contributed by atoms with Gasteiger partial charge in [0.25, 0.3) is 0 Å². The van der Waals surface area contributed by atoms with Crippen molar-refractivity contribution in [3.63, 3.8) is 0 Å². The lowest BCUT2D eigenvalue weighted by atomic mass is 9.85. The molecule has 1 aliphatic heterocycles. The highest BCUT2D eigenvalue weighted by molar-refractivity contribution is 6.42. The Bertz CT molecular complexity index is 758. The van der Waals surface area contributed by atoms with E-state index in [0.29, 0.717) is 15.7 Å². The number of rotatable bonds is 3. The summed E-state index contributed by atoms with van der Waals surface area (Å²) in [5.41, 5.74) is 0.463. The fraction of sp³-hybridized carbons (Fsp3) is 0.500. The van der Waals surface area contributed by atoms with E-state index >= 15 is 0 Å². The van der Waals surface area contributed by atoms with Gasteiger partial charge in [-0.25, -0.2) is 4.79 Å². The van der Waals surface area contributed by atoms with Crippen molar-refractivity contribution in [3.8, 4) is 0 Å². The second kappa shape index (κ2) is 8.35. The number of carbonyl (C=O) groups is 3. The zero-order valence-corrected chi connectivity index (χ0v) is 16.3. The van der Waals surface area contributed by atoms with Crippen LogP contribution in [-0.2, 0) is 14.3 Å². The van der Waals surface area contributed by atoms with Crippen molar-refractivity contribution in [2.75, 3.05) is 12.4 Å². The quantitative estimate of drug-likeness (QED) is 0.744. The monoisotopic (exact) mass is 413 g/mol. The molecular weight excluding hydrogens is 393 g/mol. The van der Waals surface area contributed by atoms with Crippen LogP contribution in [0.15, 0.2) is 18.2 Å². The minimum atomic E-state index is -0.917. The van der Waals surface area contributed by atoms with Gasteiger partial charge in [0.15, 0.2) is 0 Å². The third kappa shape index (κ3) is 4.30. The largest absolute Gasteiger partial charge is 0.469 e. The number of piperazine rings is 1. The van der Waals surface area contributed by atoms with Gasteiger partial charge >= 0.3 is 12.0 Å². The zero-order chi connectivity index (χ0) is 19.6. The second-order valence-corrected chi connectivity index (χ2v) is 7.54. The van der Waals surface area contributed by atoms with Gasteiger partial charge in [0.05, 0.1) is 29.6 Å². The van der Waals surface area contributed by atoms with Crippen molar-refractivity contribution in [1.29, 1.82) is 0 Å². The van der Waals surface area contributed by atoms with Crippen LogP contribution in [0.4, 0.5) is 10.5 Å². The topological polar surface area (TPSA) is 87.7 Å². The Morgan fingerprint density at radius 3 is 2.70 bits per heavy atom. The molecule has 1 saturated carbocycles. The summed E-state index contributed by atoms with van der Waals surface area (Å²) in [7, 11) is 1.26. The molecule has 2 aliphatic rings. The number of urea groups is 1. The Morgan fingerprint density at radius 2 is 2.00 bits per heavy atom. The van der Waals surface area contributed by atoms with Crippen LogP contribution in [0.1, 0.15) is 32.1 Å². The van der Waals surface area contributed by atoms with E-state index in [0.717, 1.165) is 25.7 Å². The minimum Gasteiger partial charge on any atom is -0.469 e. The van der Waals surface area contributed by atoms with Crippen LogP contribution in [0, 0.1) is 0 Å². The van der Waals surface area contributed by atoms with Crippen LogP contribution >= 0.6 is 23.2 Å². The molecule has 1 aromatic carbocycles. The Balaban J connectivity index is 1.86. The van der Waals surface area contributed by atoms with E-state index in [1.807, 2.05) is 0 Å². The smallest absolute Gasteiger partial charge is 0.322 e. The maximum absolute atomic E-state index is 13.1. The first kappa shape index (κ1) is 19.8. The normalized spacial score (nSPS) is 24.6. The average Bonchev–Trinajstić information content (AvgIpc) is 2.65. The number of methoxy groups -OCH3 is 1. The number of amides is 3. The lowest BCUT2D eigenvalue weighted by Crippen LogP contribution is -2.68. The Morgan fingerprint density at radius 1 is 1.26 bits per heavy atom. The number of benzene rings is 1. The zero-order valence-electron chi connectivity index (χ0n) is 14.8. The number of anilines is 1. The van der Waals surface area contributed by atoms with Crippen molar-refractivity contribution in [2.24, 2.45) is 0 Å². The van der Waals surface area contributed by atoms with E-state index < -0.39 is 18.0 Å². The van der Waals surface area contributed by atoms with Crippen LogP contribution < -0.4 is 10.6 Å². The molecule has 2 fully saturated rings. The number of fused-ring (bicyclic) bond motifs is 1. The van der Waals surface area contributed by atoms with Crippen LogP contribution in [0.5, 0.6) is 0 Å². The van der Waals surface area contributed by atoms with Crippen molar-refractivity contribution < 1.29 is 19.1 Å². The third-order valence-electron chi connectivity index (χ3n) is 5.05. The molecule has 7 nitrogen and oxygen atoms in total. The van der Waals surface area contributed by atoms with Crippen molar-refractivity contribution in [3.05, 3.63) is 28.2 Å². The minimum absolute atomic E-state index is 0.111. The van der Waals surface area contributed by atoms with Gasteiger partial charge < -0.3 is 20.3 Å². The molecule has 0 aromatic heterocycles. The molecule has 3 rings (SSSR count). The molecule has 0 unspecified atom stereocenters. The first-order chi connectivity index (χ1) is 12.9. The maximum atomic E-state index is 13.1. The molecule has 1 aromatic rings. The first-order valence-electron chi connectivity index (χ1n) is 8.82. The lowest BCUT2D eigenvalue weighted by molar-refractivity contribution is -0.146. The molecule has 3 amide bonds. The molecule has 27 heavy (non-hydrogen) atoms. The van der Waals surface area contributed by atoms with Crippen LogP contribution in [0.25, 0.3) is 0 Å². The highest BCUT2D eigenvalue weighted by Gasteiger charge is 2.46. The molecule has 3 atom stereocenters. The number of carbonyl (C=O) groups excluding carboxylic acids is 3. The molecule has 1 saturated heterocycles. The van der Waals surface area contributed by atoms with Gasteiger partial charge in [-0.15, -0.1) is 0 Å². The average molecular weight is 414 g/mol. The van der Waals surface area contributed by atoms with E-state index in [4.69, 9.17) is 27.9 Å². The summed E-state index contributed by atoms with van der Waals surface area (Å²) in [4.78, 5) is 38.9. The summed E-state index contributed by atoms with van der Waals surface area (Å²) in [5.74, 6) is -0.885. The van der Waals surface area contributed by atoms with Gasteiger partial charge in [-0.05, 0) is 31.0 Å². The summed E-state index contributed by atoms with van der Waals surface area (Å²) in [6.45, 7) is 0. The second-order valence-electron chi connectivity index (χ2n) is 6.73. The van der Waals surface area contributed by atoms with E-state index in [-0.39, 0.29) is 24.4 Å². The van der Waals surface area contributed by atoms with Crippen LogP contribution in [0.2, 0.25) is 10.0 Å². The summed E-state index contributed by atoms with van der Waals surface area (Å²) < 4.78 is 4.70. The van der Waals surface area contributed by atoms with Gasteiger partial charge in [-0.2, -0.15) is 0 Å². The molecule has 1 heterocycles. The number of nitrogens with zero attached hydrogens (tertiary/aromatic N) is 1. The first-order valence-corrected chi connectivity index (χ1v) is 9.58. The van der Waals surface area contributed by atoms with Gasteiger partial charge in [0, 0.05) is 11.7 Å². The van der Waals surface area contributed by atoms with Crippen molar-refractivity contribution in [1.82, 2.24) is 10.2 Å². The standard InChI is InChI=1S/C18H21Cl2N3O4/c1-27-16(24)9-15-17(25)22-13-4-2-3-5-14(13)23(15)18(26)21-10-6-7-11(19)12(20)8-10/h6-8,13-15H,2-5,9H2,1H3,(H,21,26)(H,22,25)/t13-,14+,15+/m1/s1. The number of hydrogen-bond donors (Lipinski definition) is 2. The Kier molecular flexibility index (Phi) is 6.11. The summed E-state index contributed by atoms with van der Waals surface area (Å²) >= 11 is 11.9. The van der Waals surface area contributed by atoms with Crippen LogP contribution in [0.3, 0.4) is 0 Å². The number of nitrogens with one attached hydrogen (secondary N) is 2. The predicted molar refractivity (Wildman–Crippen MR) is 102 cm³/mol. The van der Waals surface area contributed by atoms with E-state index in [1.54, 1.807) is 18.2 Å². The van der Waals surface area contributed by atoms with Gasteiger partial charge in [0.1, 0.15) is 6.04 Å². The van der Waals surface area contributed by atoms with E-state index in [1.165, 1.54) is 12.0 Å². The SMILES string of the molecule is COC(=O)C[C@H]1C(=O)N[C@@H]2CCCC[C@@H]2N1C(=O)Nc1ccc(Cl)c(Cl)c1. The molecule has 9 heteroatoms. The van der Waals surface area contributed by atoms with Gasteiger partial charge in [-0.1, -0.05) is 36.0 Å². The Hall–Kier alpha value is -1.99. The van der Waals surface area contributed by atoms with Gasteiger partial charge in [-0.3, -0.25) is 9.59 Å². The molecule has 0 radical (unpaired) electrons. The Labute approximate surface area is 167 Å². The molecule has 2 N–H and O–H groups in total. The maximum Gasteiger partial charge on any atom is 0.322 e. The highest BCUT2D eigenvalue weighted by atomic mass is 35.5. The molecule has 146 valence electrons. The molecular formula is C18H21Cl2N3O4. The fourth-order valence-electron chi connectivity index (χ4n) is 3.74. The highest BCUT2D eigenvalue weighted by Crippen LogP contribution is 2.31. The van der Waals surface area contributed by atoms with Crippen LogP contribution in [-0.4, -0.2) is 48.0 Å². The van der Waals surface area contributed by atoms with Gasteiger partial charge in [0.2, 0.25) is 5.91 Å². The number of esters is 1. The third-order valence-corrected chi connectivity index (χ3v) is 5.78.